The number of amides is 1. The molecule has 8 nitrogen and oxygen atoms in total. The summed E-state index contributed by atoms with van der Waals surface area (Å²) in [4.78, 5) is 31.0. The highest BCUT2D eigenvalue weighted by Crippen LogP contribution is 2.34. The molecule has 40 heavy (non-hydrogen) atoms. The van der Waals surface area contributed by atoms with Crippen molar-refractivity contribution in [1.82, 2.24) is 4.90 Å². The number of halogens is 1. The number of piperazine rings is 1. The van der Waals surface area contributed by atoms with Crippen LogP contribution in [0.4, 0.5) is 15.8 Å². The predicted molar refractivity (Wildman–Crippen MR) is 151 cm³/mol. The van der Waals surface area contributed by atoms with Crippen LogP contribution >= 0.6 is 0 Å². The smallest absolute Gasteiger partial charge is 0.335 e. The van der Waals surface area contributed by atoms with E-state index in [0.717, 1.165) is 56.9 Å². The number of carboxylic acids is 1. The molecule has 210 valence electrons. The number of unbranched alkanes of at least 4 members (excludes halogenated alkanes) is 1. The summed E-state index contributed by atoms with van der Waals surface area (Å²) in [5, 5.41) is 9.04. The van der Waals surface area contributed by atoms with Crippen LogP contribution in [0.3, 0.4) is 0 Å². The van der Waals surface area contributed by atoms with Crippen molar-refractivity contribution >= 4 is 23.3 Å². The molecule has 0 aliphatic carbocycles. The topological polar surface area (TPSA) is 82.6 Å². The number of fused-ring (bicyclic) bond motifs is 1. The standard InChI is InChI=1S/C31H34FN3O5/c32-24-9-11-25(12-10-24)34-20-18-33(19-21-34)16-3-4-17-35-27-5-1-2-6-28(27)40-29(30(35)36)15-22-39-26-13-7-23(8-14-26)31(37)38/h1-2,5-14,29H,3-4,15-22H2,(H,37,38). The number of hydrogen-bond acceptors (Lipinski definition) is 6. The number of anilines is 2. The van der Waals surface area contributed by atoms with E-state index in [0.29, 0.717) is 24.5 Å². The molecule has 2 aliphatic heterocycles. The van der Waals surface area contributed by atoms with Crippen molar-refractivity contribution in [1.29, 1.82) is 0 Å². The second kappa shape index (κ2) is 12.8. The zero-order valence-corrected chi connectivity index (χ0v) is 22.4. The van der Waals surface area contributed by atoms with Crippen molar-refractivity contribution in [2.45, 2.75) is 25.4 Å². The van der Waals surface area contributed by atoms with Gasteiger partial charge in [0, 0.05) is 44.8 Å². The molecular formula is C31H34FN3O5. The lowest BCUT2D eigenvalue weighted by molar-refractivity contribution is -0.127. The van der Waals surface area contributed by atoms with Crippen molar-refractivity contribution in [2.24, 2.45) is 0 Å². The van der Waals surface area contributed by atoms with Gasteiger partial charge in [-0.05, 0) is 80.1 Å². The van der Waals surface area contributed by atoms with Crippen LogP contribution in [0.15, 0.2) is 72.8 Å². The summed E-state index contributed by atoms with van der Waals surface area (Å²) in [6.45, 7) is 5.58. The Morgan fingerprint density at radius 3 is 2.35 bits per heavy atom. The maximum Gasteiger partial charge on any atom is 0.335 e. The van der Waals surface area contributed by atoms with E-state index in [1.807, 2.05) is 41.3 Å². The van der Waals surface area contributed by atoms with Crippen LogP contribution in [0.1, 0.15) is 29.6 Å². The number of carboxylic acid groups (broad SMARTS) is 1. The number of rotatable bonds is 11. The Morgan fingerprint density at radius 2 is 1.62 bits per heavy atom. The number of carbonyl (C=O) groups is 2. The van der Waals surface area contributed by atoms with Crippen molar-refractivity contribution in [3.8, 4) is 11.5 Å². The third-order valence-electron chi connectivity index (χ3n) is 7.39. The largest absolute Gasteiger partial charge is 0.493 e. The van der Waals surface area contributed by atoms with Gasteiger partial charge in [0.2, 0.25) is 0 Å². The molecule has 0 bridgehead atoms. The zero-order valence-electron chi connectivity index (χ0n) is 22.4. The van der Waals surface area contributed by atoms with E-state index in [1.54, 1.807) is 12.1 Å². The molecule has 9 heteroatoms. The monoisotopic (exact) mass is 547 g/mol. The van der Waals surface area contributed by atoms with Crippen LogP contribution in [-0.2, 0) is 4.79 Å². The van der Waals surface area contributed by atoms with Gasteiger partial charge in [0.05, 0.1) is 17.9 Å². The first-order valence-corrected chi connectivity index (χ1v) is 13.7. The molecular weight excluding hydrogens is 513 g/mol. The molecule has 2 heterocycles. The Bertz CT molecular complexity index is 1290. The van der Waals surface area contributed by atoms with Gasteiger partial charge in [-0.3, -0.25) is 9.69 Å². The number of nitrogens with zero attached hydrogens (tertiary/aromatic N) is 3. The summed E-state index contributed by atoms with van der Waals surface area (Å²) >= 11 is 0. The van der Waals surface area contributed by atoms with Gasteiger partial charge in [-0.2, -0.15) is 0 Å². The highest BCUT2D eigenvalue weighted by Gasteiger charge is 2.34. The van der Waals surface area contributed by atoms with Gasteiger partial charge < -0.3 is 24.4 Å². The molecule has 1 fully saturated rings. The molecule has 2 aliphatic rings. The fourth-order valence-electron chi connectivity index (χ4n) is 5.15. The van der Waals surface area contributed by atoms with Crippen molar-refractivity contribution in [3.05, 3.63) is 84.2 Å². The quantitative estimate of drug-likeness (QED) is 0.349. The minimum atomic E-state index is -0.990. The van der Waals surface area contributed by atoms with E-state index in [9.17, 15) is 14.0 Å². The lowest BCUT2D eigenvalue weighted by Crippen LogP contribution is -2.47. The van der Waals surface area contributed by atoms with Gasteiger partial charge in [-0.25, -0.2) is 9.18 Å². The van der Waals surface area contributed by atoms with Crippen molar-refractivity contribution in [3.63, 3.8) is 0 Å². The van der Waals surface area contributed by atoms with Crippen LogP contribution in [0.2, 0.25) is 0 Å². The van der Waals surface area contributed by atoms with Crippen LogP contribution in [0.5, 0.6) is 11.5 Å². The number of para-hydroxylation sites is 2. The number of benzene rings is 3. The SMILES string of the molecule is O=C(O)c1ccc(OCCC2Oc3ccccc3N(CCCCN3CCN(c4ccc(F)cc4)CC3)C2=O)cc1. The van der Waals surface area contributed by atoms with Gasteiger partial charge in [0.25, 0.3) is 5.91 Å². The molecule has 0 radical (unpaired) electrons. The predicted octanol–water partition coefficient (Wildman–Crippen LogP) is 4.69. The van der Waals surface area contributed by atoms with Gasteiger partial charge >= 0.3 is 5.97 Å². The number of aromatic carboxylic acids is 1. The summed E-state index contributed by atoms with van der Waals surface area (Å²) < 4.78 is 25.0. The molecule has 1 atom stereocenters. The molecule has 1 amide bonds. The first-order chi connectivity index (χ1) is 19.5. The third kappa shape index (κ3) is 6.71. The maximum absolute atomic E-state index is 13.4. The van der Waals surface area contributed by atoms with Crippen molar-refractivity contribution < 1.29 is 28.6 Å². The Balaban J connectivity index is 1.09. The summed E-state index contributed by atoms with van der Waals surface area (Å²) in [6.07, 6.45) is 1.58. The second-order valence-corrected chi connectivity index (χ2v) is 10.0. The molecule has 5 rings (SSSR count). The fourth-order valence-corrected chi connectivity index (χ4v) is 5.15. The third-order valence-corrected chi connectivity index (χ3v) is 7.39. The van der Waals surface area contributed by atoms with Gasteiger partial charge in [0.1, 0.15) is 17.3 Å². The average molecular weight is 548 g/mol. The number of carbonyl (C=O) groups excluding carboxylic acids is 1. The van der Waals surface area contributed by atoms with Gasteiger partial charge in [0.15, 0.2) is 6.10 Å². The van der Waals surface area contributed by atoms with E-state index in [-0.39, 0.29) is 23.9 Å². The summed E-state index contributed by atoms with van der Waals surface area (Å²) in [5.41, 5.74) is 2.04. The van der Waals surface area contributed by atoms with Crippen LogP contribution in [0, 0.1) is 5.82 Å². The molecule has 1 N–H and O–H groups in total. The minimum absolute atomic E-state index is 0.0727. The lowest BCUT2D eigenvalue weighted by Gasteiger charge is -2.36. The van der Waals surface area contributed by atoms with E-state index >= 15 is 0 Å². The second-order valence-electron chi connectivity index (χ2n) is 10.0. The highest BCUT2D eigenvalue weighted by atomic mass is 19.1. The molecule has 1 saturated heterocycles. The van der Waals surface area contributed by atoms with Crippen LogP contribution in [-0.4, -0.2) is 73.9 Å². The first-order valence-electron chi connectivity index (χ1n) is 13.7. The van der Waals surface area contributed by atoms with Crippen LogP contribution < -0.4 is 19.3 Å². The molecule has 0 aromatic heterocycles. The van der Waals surface area contributed by atoms with E-state index in [2.05, 4.69) is 9.80 Å². The Hall–Kier alpha value is -4.11. The number of hydrogen-bond donors (Lipinski definition) is 1. The van der Waals surface area contributed by atoms with E-state index in [1.165, 1.54) is 24.3 Å². The van der Waals surface area contributed by atoms with E-state index < -0.39 is 12.1 Å². The Labute approximate surface area is 233 Å². The summed E-state index contributed by atoms with van der Waals surface area (Å²) in [5.74, 6) is -0.0422. The van der Waals surface area contributed by atoms with Crippen molar-refractivity contribution in [2.75, 3.05) is 55.7 Å². The molecule has 3 aromatic rings. The minimum Gasteiger partial charge on any atom is -0.493 e. The molecule has 0 spiro atoms. The molecule has 1 unspecified atom stereocenters. The lowest BCUT2D eigenvalue weighted by atomic mass is 10.1. The van der Waals surface area contributed by atoms with E-state index in [4.69, 9.17) is 14.6 Å². The fraction of sp³-hybridized carbons (Fsp3) is 0.355. The van der Waals surface area contributed by atoms with Gasteiger partial charge in [-0.15, -0.1) is 0 Å². The number of ether oxygens (including phenoxy) is 2. The summed E-state index contributed by atoms with van der Waals surface area (Å²) in [6, 6.07) is 20.5. The molecule has 0 saturated carbocycles. The average Bonchev–Trinajstić information content (AvgIpc) is 2.97. The maximum atomic E-state index is 13.4. The highest BCUT2D eigenvalue weighted by molar-refractivity contribution is 6.00. The van der Waals surface area contributed by atoms with Crippen LogP contribution in [0.25, 0.3) is 0 Å². The summed E-state index contributed by atoms with van der Waals surface area (Å²) in [7, 11) is 0. The molecule has 3 aromatic carbocycles. The van der Waals surface area contributed by atoms with Gasteiger partial charge in [-0.1, -0.05) is 12.1 Å². The zero-order chi connectivity index (χ0) is 27.9. The normalized spacial score (nSPS) is 17.3. The first kappa shape index (κ1) is 27.5. The Kier molecular flexibility index (Phi) is 8.81. The Morgan fingerprint density at radius 1 is 0.925 bits per heavy atom.